The van der Waals surface area contributed by atoms with Crippen molar-refractivity contribution in [3.05, 3.63) is 70.8 Å². The predicted molar refractivity (Wildman–Crippen MR) is 136 cm³/mol. The molecule has 4 saturated carbocycles. The van der Waals surface area contributed by atoms with Gasteiger partial charge in [0.05, 0.1) is 5.69 Å². The number of urea groups is 1. The van der Waals surface area contributed by atoms with Crippen LogP contribution in [0.25, 0.3) is 6.08 Å². The van der Waals surface area contributed by atoms with Crippen molar-refractivity contribution >= 4 is 29.6 Å². The fourth-order valence-corrected chi connectivity index (χ4v) is 7.46. The molecule has 2 aromatic carbocycles. The molecule has 0 atom stereocenters. The van der Waals surface area contributed by atoms with E-state index in [0.29, 0.717) is 11.6 Å². The van der Waals surface area contributed by atoms with Crippen LogP contribution in [-0.2, 0) is 15.0 Å². The molecule has 35 heavy (non-hydrogen) atoms. The number of nitrogens with zero attached hydrogens (tertiary/aromatic N) is 1. The van der Waals surface area contributed by atoms with Crippen LogP contribution in [0.5, 0.6) is 0 Å². The van der Waals surface area contributed by atoms with Gasteiger partial charge in [-0.05, 0) is 103 Å². The topological polar surface area (TPSA) is 66.5 Å². The highest BCUT2D eigenvalue weighted by Crippen LogP contribution is 2.60. The number of hydrogen-bond acceptors (Lipinski definition) is 3. The van der Waals surface area contributed by atoms with Crippen LogP contribution < -0.4 is 10.2 Å². The van der Waals surface area contributed by atoms with Crippen LogP contribution in [0, 0.1) is 17.8 Å². The lowest BCUT2D eigenvalue weighted by Crippen LogP contribution is -2.54. The summed E-state index contributed by atoms with van der Waals surface area (Å²) in [7, 11) is 0. The van der Waals surface area contributed by atoms with E-state index >= 15 is 0 Å². The zero-order valence-corrected chi connectivity index (χ0v) is 20.4. The number of benzene rings is 2. The van der Waals surface area contributed by atoms with Gasteiger partial charge in [-0.2, -0.15) is 0 Å². The molecule has 0 spiro atoms. The minimum Gasteiger partial charge on any atom is -0.273 e. The maximum atomic E-state index is 13.3. The number of amides is 4. The van der Waals surface area contributed by atoms with Crippen LogP contribution in [0.1, 0.15) is 75.0 Å². The first-order valence-corrected chi connectivity index (χ1v) is 12.9. The van der Waals surface area contributed by atoms with Crippen LogP contribution >= 0.6 is 0 Å². The second-order valence-electron chi connectivity index (χ2n) is 11.5. The number of hydrogen-bond donors (Lipinski definition) is 1. The molecule has 2 aromatic rings. The SMILES string of the molecule is CC(C)c1ccc(/C=C2\C(=O)NC(=O)N(c3ccc(C45CC6CC(CC(C6)C4)C5)cc3)C2=O)cc1. The zero-order chi connectivity index (χ0) is 24.3. The smallest absolute Gasteiger partial charge is 0.273 e. The van der Waals surface area contributed by atoms with Gasteiger partial charge in [0.2, 0.25) is 0 Å². The fourth-order valence-electron chi connectivity index (χ4n) is 7.46. The van der Waals surface area contributed by atoms with E-state index < -0.39 is 17.8 Å². The molecule has 5 aliphatic rings. The van der Waals surface area contributed by atoms with Crippen molar-refractivity contribution in [3.63, 3.8) is 0 Å². The van der Waals surface area contributed by atoms with E-state index in [9.17, 15) is 14.4 Å². The Morgan fingerprint density at radius 2 is 1.43 bits per heavy atom. The number of anilines is 1. The Morgan fingerprint density at radius 3 is 1.97 bits per heavy atom. The van der Waals surface area contributed by atoms with E-state index in [-0.39, 0.29) is 11.0 Å². The van der Waals surface area contributed by atoms with Gasteiger partial charge in [-0.15, -0.1) is 0 Å². The standard InChI is InChI=1S/C30H32N2O3/c1-18(2)23-5-3-19(4-6-23)14-26-27(33)31-29(35)32(28(26)34)25-9-7-24(8-10-25)30-15-20-11-21(16-30)13-22(12-20)17-30/h3-10,14,18,20-22H,11-13,15-17H2,1-2H3,(H,31,33,35)/b26-14+. The number of carbonyl (C=O) groups excluding carboxylic acids is 3. The maximum Gasteiger partial charge on any atom is 0.335 e. The number of rotatable bonds is 4. The summed E-state index contributed by atoms with van der Waals surface area (Å²) < 4.78 is 0. The lowest BCUT2D eigenvalue weighted by Gasteiger charge is -2.57. The van der Waals surface area contributed by atoms with Crippen molar-refractivity contribution in [1.29, 1.82) is 0 Å². The summed E-state index contributed by atoms with van der Waals surface area (Å²) in [4.78, 5) is 39.6. The molecule has 5 fully saturated rings. The Hall–Kier alpha value is -3.21. The van der Waals surface area contributed by atoms with E-state index in [0.717, 1.165) is 28.2 Å². The third kappa shape index (κ3) is 3.81. The second-order valence-corrected chi connectivity index (χ2v) is 11.5. The summed E-state index contributed by atoms with van der Waals surface area (Å²) in [6, 6.07) is 15.0. The van der Waals surface area contributed by atoms with E-state index in [4.69, 9.17) is 0 Å². The van der Waals surface area contributed by atoms with Gasteiger partial charge in [0, 0.05) is 0 Å². The molecule has 1 saturated heterocycles. The molecule has 4 aliphatic carbocycles. The van der Waals surface area contributed by atoms with Gasteiger partial charge < -0.3 is 0 Å². The van der Waals surface area contributed by atoms with Gasteiger partial charge in [-0.25, -0.2) is 9.69 Å². The molecule has 0 aromatic heterocycles. The molecule has 0 unspecified atom stereocenters. The Balaban J connectivity index is 1.27. The first-order valence-electron chi connectivity index (χ1n) is 12.9. The Bertz CT molecular complexity index is 1190. The summed E-state index contributed by atoms with van der Waals surface area (Å²) in [5.41, 5.74) is 3.98. The molecule has 4 bridgehead atoms. The van der Waals surface area contributed by atoms with Crippen molar-refractivity contribution in [3.8, 4) is 0 Å². The van der Waals surface area contributed by atoms with E-state index in [2.05, 4.69) is 31.3 Å². The van der Waals surface area contributed by atoms with Crippen LogP contribution in [0.3, 0.4) is 0 Å². The average molecular weight is 469 g/mol. The van der Waals surface area contributed by atoms with Crippen LogP contribution in [0.4, 0.5) is 10.5 Å². The van der Waals surface area contributed by atoms with Crippen molar-refractivity contribution in [2.24, 2.45) is 17.8 Å². The van der Waals surface area contributed by atoms with Crippen LogP contribution in [-0.4, -0.2) is 17.8 Å². The molecule has 1 heterocycles. The number of carbonyl (C=O) groups is 3. The maximum absolute atomic E-state index is 13.3. The number of nitrogens with one attached hydrogen (secondary N) is 1. The lowest BCUT2D eigenvalue weighted by molar-refractivity contribution is -0.122. The lowest BCUT2D eigenvalue weighted by atomic mass is 9.48. The van der Waals surface area contributed by atoms with Crippen molar-refractivity contribution in [1.82, 2.24) is 5.32 Å². The summed E-state index contributed by atoms with van der Waals surface area (Å²) >= 11 is 0. The molecular weight excluding hydrogens is 436 g/mol. The molecule has 4 amide bonds. The molecule has 5 nitrogen and oxygen atoms in total. The quantitative estimate of drug-likeness (QED) is 0.446. The highest BCUT2D eigenvalue weighted by Gasteiger charge is 2.51. The van der Waals surface area contributed by atoms with E-state index in [1.54, 1.807) is 6.08 Å². The van der Waals surface area contributed by atoms with Gasteiger partial charge >= 0.3 is 6.03 Å². The Labute approximate surface area is 206 Å². The minimum absolute atomic E-state index is 0.0351. The third-order valence-electron chi connectivity index (χ3n) is 8.79. The van der Waals surface area contributed by atoms with Gasteiger partial charge in [-0.3, -0.25) is 14.9 Å². The molecule has 1 N–H and O–H groups in total. The Morgan fingerprint density at radius 1 is 0.857 bits per heavy atom. The molecule has 1 aliphatic heterocycles. The zero-order valence-electron chi connectivity index (χ0n) is 20.4. The summed E-state index contributed by atoms with van der Waals surface area (Å²) in [5, 5.41) is 2.34. The van der Waals surface area contributed by atoms with Gasteiger partial charge in [0.1, 0.15) is 5.57 Å². The Kier molecular flexibility index (Phi) is 5.21. The predicted octanol–water partition coefficient (Wildman–Crippen LogP) is 5.94. The summed E-state index contributed by atoms with van der Waals surface area (Å²) in [6.07, 6.45) is 9.52. The fraction of sp³-hybridized carbons (Fsp3) is 0.433. The van der Waals surface area contributed by atoms with Gasteiger partial charge in [-0.1, -0.05) is 50.2 Å². The van der Waals surface area contributed by atoms with Crippen LogP contribution in [0.2, 0.25) is 0 Å². The van der Waals surface area contributed by atoms with Crippen molar-refractivity contribution < 1.29 is 14.4 Å². The van der Waals surface area contributed by atoms with Crippen LogP contribution in [0.15, 0.2) is 54.1 Å². The molecular formula is C30H32N2O3. The normalized spacial score (nSPS) is 30.9. The van der Waals surface area contributed by atoms with Crippen molar-refractivity contribution in [2.75, 3.05) is 4.90 Å². The summed E-state index contributed by atoms with van der Waals surface area (Å²) in [5.74, 6) is 1.70. The first-order chi connectivity index (χ1) is 16.8. The number of barbiturate groups is 1. The van der Waals surface area contributed by atoms with Gasteiger partial charge in [0.15, 0.2) is 0 Å². The highest BCUT2D eigenvalue weighted by atomic mass is 16.2. The average Bonchev–Trinajstić information content (AvgIpc) is 2.81. The molecule has 7 rings (SSSR count). The summed E-state index contributed by atoms with van der Waals surface area (Å²) in [6.45, 7) is 4.23. The third-order valence-corrected chi connectivity index (χ3v) is 8.79. The molecule has 5 heteroatoms. The first kappa shape index (κ1) is 22.3. The second kappa shape index (κ2) is 8.18. The van der Waals surface area contributed by atoms with E-state index in [1.165, 1.54) is 49.7 Å². The van der Waals surface area contributed by atoms with Gasteiger partial charge in [0.25, 0.3) is 11.8 Å². The largest absolute Gasteiger partial charge is 0.335 e. The molecule has 0 radical (unpaired) electrons. The highest BCUT2D eigenvalue weighted by molar-refractivity contribution is 6.39. The minimum atomic E-state index is -0.699. The van der Waals surface area contributed by atoms with E-state index in [1.807, 2.05) is 36.4 Å². The number of imide groups is 2. The monoisotopic (exact) mass is 468 g/mol. The van der Waals surface area contributed by atoms with Crippen molar-refractivity contribution in [2.45, 2.75) is 63.7 Å². The molecule has 180 valence electrons.